The maximum absolute atomic E-state index is 4.80. The summed E-state index contributed by atoms with van der Waals surface area (Å²) in [5.74, 6) is 0. The summed E-state index contributed by atoms with van der Waals surface area (Å²) in [6.07, 6.45) is 7.56. The molecule has 0 unspecified atom stereocenters. The number of thiocarbonyl (C=S) groups is 3. The van der Waals surface area contributed by atoms with E-state index in [2.05, 4.69) is 14.7 Å². The first-order valence-electron chi connectivity index (χ1n) is 8.29. The van der Waals surface area contributed by atoms with E-state index < -0.39 is 0 Å². The maximum Gasteiger partial charge on any atom is 3.00 e. The van der Waals surface area contributed by atoms with Crippen molar-refractivity contribution in [3.63, 3.8) is 0 Å². The summed E-state index contributed by atoms with van der Waals surface area (Å²) in [4.78, 5) is 6.22. The quantitative estimate of drug-likeness (QED) is 0.283. The van der Waals surface area contributed by atoms with E-state index in [1.807, 2.05) is 0 Å². The summed E-state index contributed by atoms with van der Waals surface area (Å²) in [5, 5.41) is 0. The average Bonchev–Trinajstić information content (AvgIpc) is 3.29. The smallest absolute Gasteiger partial charge is 0.411 e. The minimum absolute atomic E-state index is 0. The Bertz CT molecular complexity index is 358. The molecule has 0 aromatic rings. The van der Waals surface area contributed by atoms with Gasteiger partial charge < -0.3 is 89.2 Å². The molecule has 3 aliphatic rings. The summed E-state index contributed by atoms with van der Waals surface area (Å²) >= 11 is 28.8. The van der Waals surface area contributed by atoms with Crippen LogP contribution in [0.2, 0.25) is 0 Å². The monoisotopic (exact) mass is 494 g/mol. The van der Waals surface area contributed by atoms with Gasteiger partial charge in [0.2, 0.25) is 0 Å². The first-order valence-corrected chi connectivity index (χ1v) is 10.7. The zero-order valence-electron chi connectivity index (χ0n) is 14.1. The van der Waals surface area contributed by atoms with Gasteiger partial charge in [0.25, 0.3) is 0 Å². The third-order valence-electron chi connectivity index (χ3n) is 4.09. The second kappa shape index (κ2) is 14.9. The molecule has 0 saturated carbocycles. The molecule has 0 aromatic carbocycles. The van der Waals surface area contributed by atoms with Gasteiger partial charge in [-0.1, -0.05) is 13.0 Å². The molecule has 10 heteroatoms. The summed E-state index contributed by atoms with van der Waals surface area (Å²) in [7, 11) is 0. The van der Waals surface area contributed by atoms with Crippen molar-refractivity contribution in [3.05, 3.63) is 0 Å². The Labute approximate surface area is 195 Å². The fourth-order valence-corrected chi connectivity index (χ4v) is 3.79. The van der Waals surface area contributed by atoms with E-state index in [1.165, 1.54) is 38.5 Å². The summed E-state index contributed by atoms with van der Waals surface area (Å²) in [6.45, 7) is 6.51. The van der Waals surface area contributed by atoms with Crippen molar-refractivity contribution in [1.82, 2.24) is 14.7 Å². The van der Waals surface area contributed by atoms with Crippen LogP contribution in [-0.4, -0.2) is 66.9 Å². The van der Waals surface area contributed by atoms with Crippen molar-refractivity contribution in [2.45, 2.75) is 38.5 Å². The van der Waals surface area contributed by atoms with E-state index >= 15 is 0 Å². The number of hydrogen-bond donors (Lipinski definition) is 0. The molecule has 0 N–H and O–H groups in total. The molecule has 0 bridgehead atoms. The Morgan fingerprint density at radius 1 is 0.480 bits per heavy atom. The third kappa shape index (κ3) is 11.3. The first kappa shape index (κ1) is 25.8. The third-order valence-corrected chi connectivity index (χ3v) is 5.64. The normalized spacial score (nSPS) is 18.5. The van der Waals surface area contributed by atoms with Gasteiger partial charge in [-0.05, 0) is 38.5 Å². The summed E-state index contributed by atoms with van der Waals surface area (Å²) in [6, 6.07) is 0. The van der Waals surface area contributed by atoms with Crippen molar-refractivity contribution in [3.8, 4) is 0 Å². The predicted octanol–water partition coefficient (Wildman–Crippen LogP) is 2.74. The van der Waals surface area contributed by atoms with Crippen LogP contribution in [0.25, 0.3) is 0 Å². The van der Waals surface area contributed by atoms with Crippen LogP contribution in [0.5, 0.6) is 0 Å². The van der Waals surface area contributed by atoms with Gasteiger partial charge in [0, 0.05) is 39.3 Å². The van der Waals surface area contributed by atoms with Gasteiger partial charge in [0.15, 0.2) is 0 Å². The summed E-state index contributed by atoms with van der Waals surface area (Å²) < 4.78 is 1.92. The van der Waals surface area contributed by atoms with E-state index in [1.54, 1.807) is 0 Å². The van der Waals surface area contributed by atoms with Gasteiger partial charge in [-0.25, -0.2) is 0 Å². The van der Waals surface area contributed by atoms with Crippen molar-refractivity contribution in [2.24, 2.45) is 0 Å². The van der Waals surface area contributed by atoms with Crippen molar-refractivity contribution >= 4 is 87.5 Å². The Hall–Kier alpha value is 0.849. The molecule has 3 aliphatic heterocycles. The molecule has 0 atom stereocenters. The molecule has 143 valence electrons. The first-order chi connectivity index (χ1) is 11.4. The molecule has 3 heterocycles. The predicted molar refractivity (Wildman–Crippen MR) is 122 cm³/mol. The Kier molecular flexibility index (Phi) is 15.4. The Morgan fingerprint density at radius 3 is 0.720 bits per heavy atom. The van der Waals surface area contributed by atoms with E-state index in [-0.39, 0.29) is 17.1 Å². The van der Waals surface area contributed by atoms with Crippen molar-refractivity contribution in [2.75, 3.05) is 39.3 Å². The number of rotatable bonds is 0. The molecule has 3 nitrogen and oxygen atoms in total. The average molecular weight is 495 g/mol. The molecule has 25 heavy (non-hydrogen) atoms. The van der Waals surface area contributed by atoms with Crippen molar-refractivity contribution < 1.29 is 17.1 Å². The van der Waals surface area contributed by atoms with E-state index in [0.29, 0.717) is 13.0 Å². The molecule has 3 fully saturated rings. The van der Waals surface area contributed by atoms with Crippen LogP contribution in [0.3, 0.4) is 0 Å². The molecule has 0 aliphatic carbocycles. The fraction of sp³-hybridized carbons (Fsp3) is 0.800. The van der Waals surface area contributed by atoms with Crippen LogP contribution >= 0.6 is 36.7 Å². The molecule has 0 amide bonds. The SMILES string of the molecule is S=C([S-])N1CCCC1.S=C([S-])N1CCCC1.S=C([S-])N1CCCC1.[Fe+3]. The standard InChI is InChI=1S/3C5H9NS2.Fe/c3*7-5(8)6-3-1-2-4-6;/h3*1-4H2,(H,7,8);/q;;;+3/p-3. The van der Waals surface area contributed by atoms with Gasteiger partial charge in [0.05, 0.1) is 0 Å². The zero-order valence-corrected chi connectivity index (χ0v) is 20.1. The molecule has 1 radical (unpaired) electrons. The number of likely N-dealkylation sites (tertiary alicyclic amines) is 3. The Morgan fingerprint density at radius 2 is 0.640 bits per heavy atom. The van der Waals surface area contributed by atoms with Crippen molar-refractivity contribution in [1.29, 1.82) is 0 Å². The maximum atomic E-state index is 4.80. The fourth-order valence-electron chi connectivity index (χ4n) is 2.70. The summed E-state index contributed by atoms with van der Waals surface area (Å²) in [5.41, 5.74) is 0. The van der Waals surface area contributed by atoms with Gasteiger partial charge in [0.1, 0.15) is 0 Å². The van der Waals surface area contributed by atoms with Crippen LogP contribution in [0.15, 0.2) is 0 Å². The largest absolute Gasteiger partial charge is 3.00 e. The number of nitrogens with zero attached hydrogens (tertiary/aromatic N) is 3. The molecular formula is C15H24FeN3S6. The van der Waals surface area contributed by atoms with Crippen LogP contribution in [0, 0.1) is 0 Å². The topological polar surface area (TPSA) is 9.72 Å². The molecule has 3 saturated heterocycles. The zero-order chi connectivity index (χ0) is 17.9. The van der Waals surface area contributed by atoms with Gasteiger partial charge in [-0.15, -0.1) is 0 Å². The number of hydrogen-bond acceptors (Lipinski definition) is 6. The van der Waals surface area contributed by atoms with Gasteiger partial charge in [-0.3, -0.25) is 0 Å². The van der Waals surface area contributed by atoms with Gasteiger partial charge in [-0.2, -0.15) is 0 Å². The minimum Gasteiger partial charge on any atom is -0.411 e. The minimum atomic E-state index is 0. The molecule has 3 rings (SSSR count). The Balaban J connectivity index is 0.000000339. The van der Waals surface area contributed by atoms with Crippen LogP contribution in [0.1, 0.15) is 38.5 Å². The molecule has 0 spiro atoms. The van der Waals surface area contributed by atoms with E-state index in [9.17, 15) is 0 Å². The van der Waals surface area contributed by atoms with Gasteiger partial charge >= 0.3 is 17.1 Å². The molecular weight excluding hydrogens is 470 g/mol. The van der Waals surface area contributed by atoms with E-state index in [4.69, 9.17) is 74.5 Å². The second-order valence-corrected chi connectivity index (χ2v) is 8.98. The van der Waals surface area contributed by atoms with E-state index in [0.717, 1.165) is 39.3 Å². The second-order valence-electron chi connectivity index (χ2n) is 5.88. The van der Waals surface area contributed by atoms with Crippen LogP contribution in [-0.2, 0) is 55.0 Å². The molecule has 0 aromatic heterocycles. The van der Waals surface area contributed by atoms with Crippen LogP contribution in [0.4, 0.5) is 0 Å². The van der Waals surface area contributed by atoms with Crippen LogP contribution < -0.4 is 0 Å².